The number of hydrogen-bond donors (Lipinski definition) is 0. The van der Waals surface area contributed by atoms with E-state index in [9.17, 15) is 0 Å². The van der Waals surface area contributed by atoms with E-state index in [0.29, 0.717) is 0 Å². The van der Waals surface area contributed by atoms with Gasteiger partial charge in [-0.2, -0.15) is 0 Å². The van der Waals surface area contributed by atoms with E-state index in [1.54, 1.807) is 0 Å². The van der Waals surface area contributed by atoms with Crippen molar-refractivity contribution < 1.29 is 62.3 Å². The van der Waals surface area contributed by atoms with Gasteiger partial charge in [0.2, 0.25) is 0 Å². The molecule has 0 aliphatic carbocycles. The minimum atomic E-state index is -3.11. The van der Waals surface area contributed by atoms with Gasteiger partial charge < -0.3 is 9.11 Å². The maximum Gasteiger partial charge on any atom is 2.00 e. The summed E-state index contributed by atoms with van der Waals surface area (Å²) in [6.07, 6.45) is 0. The molecule has 0 aromatic rings. The molecule has 0 atom stereocenters. The first kappa shape index (κ1) is 15.6. The van der Waals surface area contributed by atoms with Crippen molar-refractivity contribution in [2.75, 3.05) is 0 Å². The summed E-state index contributed by atoms with van der Waals surface area (Å²) in [7, 11) is 0. The Morgan fingerprint density at radius 3 is 1.33 bits per heavy atom. The minimum Gasteiger partial charge on any atom is -0.784 e. The Hall–Kier alpha value is 1.69. The molecule has 0 aromatic carbocycles. The molecule has 6 heavy (non-hydrogen) atoms. The van der Waals surface area contributed by atoms with Gasteiger partial charge in [0.15, 0.2) is 0 Å². The Morgan fingerprint density at radius 2 is 1.33 bits per heavy atom. The van der Waals surface area contributed by atoms with E-state index < -0.39 is 11.4 Å². The van der Waals surface area contributed by atoms with Gasteiger partial charge in [-0.3, -0.25) is 4.21 Å². The molecule has 0 fully saturated rings. The van der Waals surface area contributed by atoms with Gasteiger partial charge in [0.25, 0.3) is 0 Å². The molecule has 0 N–H and O–H groups in total. The van der Waals surface area contributed by atoms with Crippen molar-refractivity contribution >= 4 is 11.4 Å². The molecule has 26 valence electrons. The van der Waals surface area contributed by atoms with Gasteiger partial charge in [0.05, 0.1) is 0 Å². The second kappa shape index (κ2) is 9.85. The summed E-state index contributed by atoms with van der Waals surface area (Å²) >= 11 is -3.11. The maximum absolute atomic E-state index is 8.44. The molecular formula is NaO3SZn+. The van der Waals surface area contributed by atoms with Crippen LogP contribution in [0.5, 0.6) is 0 Å². The summed E-state index contributed by atoms with van der Waals surface area (Å²) in [5.74, 6) is 0. The minimum absolute atomic E-state index is 0. The second-order valence-electron chi connectivity index (χ2n) is 0.204. The Bertz CT molecular complexity index is 33.8. The van der Waals surface area contributed by atoms with Crippen LogP contribution in [-0.4, -0.2) is 13.3 Å². The first-order valence-electron chi connectivity index (χ1n) is 0.500. The van der Waals surface area contributed by atoms with Crippen LogP contribution in [0, 0.1) is 0 Å². The van der Waals surface area contributed by atoms with Gasteiger partial charge in [0, 0.05) is 0 Å². The molecule has 0 saturated carbocycles. The van der Waals surface area contributed by atoms with E-state index in [-0.39, 0.29) is 49.0 Å². The molecule has 0 unspecified atom stereocenters. The first-order valence-corrected chi connectivity index (χ1v) is 1.50. The average molecular weight is 168 g/mol. The Labute approximate surface area is 73.1 Å². The van der Waals surface area contributed by atoms with Gasteiger partial charge in [-0.1, -0.05) is 0 Å². The van der Waals surface area contributed by atoms with E-state index >= 15 is 0 Å². The molecule has 0 saturated heterocycles. The predicted molar refractivity (Wildman–Crippen MR) is 9.70 cm³/mol. The normalized spacial score (nSPS) is 5.83. The average Bonchev–Trinajstić information content (AvgIpc) is 0.811. The van der Waals surface area contributed by atoms with Crippen molar-refractivity contribution in [2.45, 2.75) is 0 Å². The van der Waals surface area contributed by atoms with Crippen molar-refractivity contribution in [3.8, 4) is 0 Å². The summed E-state index contributed by atoms with van der Waals surface area (Å²) < 4.78 is 25.3. The van der Waals surface area contributed by atoms with Crippen LogP contribution in [0.2, 0.25) is 0 Å². The second-order valence-corrected chi connectivity index (χ2v) is 0.612. The maximum atomic E-state index is 8.44. The summed E-state index contributed by atoms with van der Waals surface area (Å²) in [5, 5.41) is 0. The fourth-order valence-electron chi connectivity index (χ4n) is 0. The van der Waals surface area contributed by atoms with Crippen LogP contribution < -0.4 is 29.6 Å². The van der Waals surface area contributed by atoms with E-state index in [2.05, 4.69) is 0 Å². The molecule has 0 aliphatic heterocycles. The van der Waals surface area contributed by atoms with Crippen LogP contribution >= 0.6 is 0 Å². The molecule has 0 aliphatic rings. The summed E-state index contributed by atoms with van der Waals surface area (Å²) in [6.45, 7) is 0. The molecule has 6 heteroatoms. The zero-order chi connectivity index (χ0) is 3.58. The zero-order valence-corrected chi connectivity index (χ0v) is 9.12. The summed E-state index contributed by atoms with van der Waals surface area (Å²) in [6, 6.07) is 0. The van der Waals surface area contributed by atoms with E-state index in [1.165, 1.54) is 0 Å². The van der Waals surface area contributed by atoms with Crippen LogP contribution in [0.25, 0.3) is 0 Å². The number of hydrogen-bond acceptors (Lipinski definition) is 3. The summed E-state index contributed by atoms with van der Waals surface area (Å²) in [5.41, 5.74) is 0. The Kier molecular flexibility index (Phi) is 25.7. The van der Waals surface area contributed by atoms with Crippen LogP contribution in [0.4, 0.5) is 0 Å². The predicted octanol–water partition coefficient (Wildman–Crippen LogP) is -4.00. The third-order valence-electron chi connectivity index (χ3n) is 0. The van der Waals surface area contributed by atoms with Crippen molar-refractivity contribution in [1.29, 1.82) is 0 Å². The van der Waals surface area contributed by atoms with E-state index in [4.69, 9.17) is 13.3 Å². The smallest absolute Gasteiger partial charge is 0.784 e. The van der Waals surface area contributed by atoms with Crippen molar-refractivity contribution in [1.82, 2.24) is 0 Å². The van der Waals surface area contributed by atoms with Crippen LogP contribution in [-0.2, 0) is 30.8 Å². The fourth-order valence-corrected chi connectivity index (χ4v) is 0. The van der Waals surface area contributed by atoms with Gasteiger partial charge in [0.1, 0.15) is 0 Å². The molecular weight excluding hydrogens is 168 g/mol. The summed E-state index contributed by atoms with van der Waals surface area (Å²) in [4.78, 5) is 0. The quantitative estimate of drug-likeness (QED) is 0.274. The molecule has 0 bridgehead atoms. The van der Waals surface area contributed by atoms with Gasteiger partial charge in [-0.05, 0) is 0 Å². The van der Waals surface area contributed by atoms with E-state index in [1.807, 2.05) is 0 Å². The van der Waals surface area contributed by atoms with E-state index in [0.717, 1.165) is 0 Å². The van der Waals surface area contributed by atoms with Crippen molar-refractivity contribution in [2.24, 2.45) is 0 Å². The molecule has 0 radical (unpaired) electrons. The van der Waals surface area contributed by atoms with Crippen LogP contribution in [0.3, 0.4) is 0 Å². The molecule has 0 spiro atoms. The van der Waals surface area contributed by atoms with Gasteiger partial charge in [-0.25, -0.2) is 0 Å². The van der Waals surface area contributed by atoms with Crippen molar-refractivity contribution in [3.05, 3.63) is 0 Å². The fraction of sp³-hybridized carbons (Fsp3) is 0. The third-order valence-corrected chi connectivity index (χ3v) is 0. The van der Waals surface area contributed by atoms with Gasteiger partial charge in [-0.15, -0.1) is 11.4 Å². The standard InChI is InChI=1S/Na.H2O3S.Zn/c;1-4(2)3;/h;(H2,1,2,3);/q+1;;+2/p-2. The van der Waals surface area contributed by atoms with Crippen LogP contribution in [0.1, 0.15) is 0 Å². The largest absolute Gasteiger partial charge is 2.00 e. The van der Waals surface area contributed by atoms with Crippen LogP contribution in [0.15, 0.2) is 0 Å². The molecule has 0 amide bonds. The molecule has 0 heterocycles. The van der Waals surface area contributed by atoms with Crippen molar-refractivity contribution in [3.63, 3.8) is 0 Å². The molecule has 3 nitrogen and oxygen atoms in total. The molecule has 0 aromatic heterocycles. The Balaban J connectivity index is -0.0000000450. The molecule has 0 rings (SSSR count). The first-order chi connectivity index (χ1) is 1.73. The monoisotopic (exact) mass is 167 g/mol. The van der Waals surface area contributed by atoms with Gasteiger partial charge >= 0.3 is 49.0 Å². The zero-order valence-electron chi connectivity index (χ0n) is 3.34. The topological polar surface area (TPSA) is 63.2 Å². The number of rotatable bonds is 0. The Morgan fingerprint density at radius 1 is 1.33 bits per heavy atom. The third kappa shape index (κ3) is 43.7. The SMILES string of the molecule is O=S([O-])[O-].[Na+].[Zn+2].